The van der Waals surface area contributed by atoms with E-state index in [0.29, 0.717) is 26.3 Å². The third-order valence-electron chi connectivity index (χ3n) is 4.43. The number of benzene rings is 1. The van der Waals surface area contributed by atoms with Gasteiger partial charge in [-0.25, -0.2) is 9.97 Å². The van der Waals surface area contributed by atoms with Crippen LogP contribution in [-0.2, 0) is 9.53 Å². The second-order valence-corrected chi connectivity index (χ2v) is 6.81. The molecule has 2 aromatic rings. The predicted octanol–water partition coefficient (Wildman–Crippen LogP) is 1.69. The summed E-state index contributed by atoms with van der Waals surface area (Å²) in [6.07, 6.45) is 1.59. The van der Waals surface area contributed by atoms with Crippen LogP contribution >= 0.6 is 15.9 Å². The van der Waals surface area contributed by atoms with Crippen LogP contribution in [0.5, 0.6) is 0 Å². The zero-order chi connectivity index (χ0) is 15.8. The zero-order valence-electron chi connectivity index (χ0n) is 12.6. The van der Waals surface area contributed by atoms with Gasteiger partial charge in [-0.05, 0) is 18.2 Å². The van der Waals surface area contributed by atoms with E-state index in [9.17, 15) is 4.79 Å². The molecule has 0 N–H and O–H groups in total. The van der Waals surface area contributed by atoms with Gasteiger partial charge >= 0.3 is 0 Å². The fourth-order valence-electron chi connectivity index (χ4n) is 3.12. The van der Waals surface area contributed by atoms with E-state index in [1.807, 2.05) is 23.1 Å². The van der Waals surface area contributed by atoms with Crippen molar-refractivity contribution in [3.63, 3.8) is 0 Å². The van der Waals surface area contributed by atoms with Crippen LogP contribution in [0.1, 0.15) is 0 Å². The summed E-state index contributed by atoms with van der Waals surface area (Å²) in [5, 5.41) is 1.01. The number of nitrogens with zero attached hydrogens (tertiary/aromatic N) is 4. The smallest absolute Gasteiger partial charge is 0.229 e. The van der Waals surface area contributed by atoms with Gasteiger partial charge < -0.3 is 14.5 Å². The van der Waals surface area contributed by atoms with Gasteiger partial charge in [0.05, 0.1) is 24.6 Å². The number of hydrogen-bond donors (Lipinski definition) is 0. The van der Waals surface area contributed by atoms with Crippen molar-refractivity contribution in [2.75, 3.05) is 44.3 Å². The molecule has 1 amide bonds. The van der Waals surface area contributed by atoms with Gasteiger partial charge in [0.15, 0.2) is 0 Å². The van der Waals surface area contributed by atoms with Crippen molar-refractivity contribution < 1.29 is 9.53 Å². The number of halogens is 1. The summed E-state index contributed by atoms with van der Waals surface area (Å²) in [4.78, 5) is 25.3. The highest BCUT2D eigenvalue weighted by Gasteiger charge is 2.37. The quantitative estimate of drug-likeness (QED) is 0.797. The highest BCUT2D eigenvalue weighted by molar-refractivity contribution is 9.10. The minimum Gasteiger partial charge on any atom is -0.378 e. The van der Waals surface area contributed by atoms with Crippen LogP contribution in [0.25, 0.3) is 10.9 Å². The Morgan fingerprint density at radius 1 is 1.22 bits per heavy atom. The molecule has 0 bridgehead atoms. The molecule has 2 aliphatic heterocycles. The standard InChI is InChI=1S/C16H17BrN4O2/c17-12-1-2-14-13(7-12)15(19-10-18-14)21-8-11(9-21)16(22)20-3-5-23-6-4-20/h1-2,7,10-11H,3-6,8-9H2. The number of amides is 1. The van der Waals surface area contributed by atoms with E-state index >= 15 is 0 Å². The Morgan fingerprint density at radius 3 is 2.78 bits per heavy atom. The molecule has 7 heteroatoms. The van der Waals surface area contributed by atoms with E-state index < -0.39 is 0 Å². The molecule has 3 heterocycles. The Hall–Kier alpha value is -1.73. The Balaban J connectivity index is 1.49. The summed E-state index contributed by atoms with van der Waals surface area (Å²) in [6, 6.07) is 5.97. The maximum absolute atomic E-state index is 12.5. The molecule has 0 spiro atoms. The molecule has 6 nitrogen and oxygen atoms in total. The first-order valence-corrected chi connectivity index (χ1v) is 8.53. The van der Waals surface area contributed by atoms with Crippen LogP contribution in [-0.4, -0.2) is 60.2 Å². The van der Waals surface area contributed by atoms with E-state index in [1.54, 1.807) is 6.33 Å². The van der Waals surface area contributed by atoms with Gasteiger partial charge in [-0.15, -0.1) is 0 Å². The lowest BCUT2D eigenvalue weighted by Crippen LogP contribution is -2.56. The van der Waals surface area contributed by atoms with Crippen molar-refractivity contribution >= 4 is 38.6 Å². The molecule has 0 radical (unpaired) electrons. The zero-order valence-corrected chi connectivity index (χ0v) is 14.2. The van der Waals surface area contributed by atoms with Crippen LogP contribution in [0.4, 0.5) is 5.82 Å². The molecule has 0 unspecified atom stereocenters. The van der Waals surface area contributed by atoms with Crippen molar-refractivity contribution in [2.24, 2.45) is 5.92 Å². The van der Waals surface area contributed by atoms with Gasteiger partial charge in [-0.1, -0.05) is 15.9 Å². The number of ether oxygens (including phenoxy) is 1. The maximum Gasteiger partial charge on any atom is 0.229 e. The number of aromatic nitrogens is 2. The summed E-state index contributed by atoms with van der Waals surface area (Å²) in [5.74, 6) is 1.21. The fourth-order valence-corrected chi connectivity index (χ4v) is 3.48. The lowest BCUT2D eigenvalue weighted by atomic mass is 9.97. The van der Waals surface area contributed by atoms with E-state index in [4.69, 9.17) is 4.74 Å². The second kappa shape index (κ2) is 6.05. The minimum atomic E-state index is 0.0604. The number of hydrogen-bond acceptors (Lipinski definition) is 5. The van der Waals surface area contributed by atoms with Crippen molar-refractivity contribution in [2.45, 2.75) is 0 Å². The topological polar surface area (TPSA) is 58.6 Å². The molecule has 4 rings (SSSR count). The monoisotopic (exact) mass is 376 g/mol. The van der Waals surface area contributed by atoms with Crippen LogP contribution in [0.15, 0.2) is 29.0 Å². The first-order valence-electron chi connectivity index (χ1n) is 7.74. The van der Waals surface area contributed by atoms with E-state index in [2.05, 4.69) is 30.8 Å². The summed E-state index contributed by atoms with van der Waals surface area (Å²) >= 11 is 3.50. The van der Waals surface area contributed by atoms with Gasteiger partial charge in [-0.3, -0.25) is 4.79 Å². The van der Waals surface area contributed by atoms with Crippen LogP contribution in [0, 0.1) is 5.92 Å². The van der Waals surface area contributed by atoms with Crippen LogP contribution in [0.2, 0.25) is 0 Å². The van der Waals surface area contributed by atoms with Gasteiger partial charge in [-0.2, -0.15) is 0 Å². The van der Waals surface area contributed by atoms with E-state index in [0.717, 1.165) is 34.3 Å². The third-order valence-corrected chi connectivity index (χ3v) is 4.92. The van der Waals surface area contributed by atoms with Crippen molar-refractivity contribution in [3.8, 4) is 0 Å². The Bertz CT molecular complexity index is 742. The second-order valence-electron chi connectivity index (χ2n) is 5.90. The average molecular weight is 377 g/mol. The highest BCUT2D eigenvalue weighted by Crippen LogP contribution is 2.31. The van der Waals surface area contributed by atoms with E-state index in [1.165, 1.54) is 0 Å². The predicted molar refractivity (Wildman–Crippen MR) is 90.3 cm³/mol. The van der Waals surface area contributed by atoms with Crippen LogP contribution < -0.4 is 4.90 Å². The highest BCUT2D eigenvalue weighted by atomic mass is 79.9. The lowest BCUT2D eigenvalue weighted by Gasteiger charge is -2.42. The summed E-state index contributed by atoms with van der Waals surface area (Å²) in [7, 11) is 0. The fraction of sp³-hybridized carbons (Fsp3) is 0.438. The number of morpholine rings is 1. The summed E-state index contributed by atoms with van der Waals surface area (Å²) < 4.78 is 6.31. The molecule has 2 saturated heterocycles. The summed E-state index contributed by atoms with van der Waals surface area (Å²) in [6.45, 7) is 4.14. The van der Waals surface area contributed by atoms with Crippen molar-refractivity contribution in [3.05, 3.63) is 29.0 Å². The third kappa shape index (κ3) is 2.79. The van der Waals surface area contributed by atoms with Gasteiger partial charge in [0.1, 0.15) is 12.1 Å². The molecule has 0 aliphatic carbocycles. The van der Waals surface area contributed by atoms with Gasteiger partial charge in [0.2, 0.25) is 5.91 Å². The molecule has 0 saturated carbocycles. The Labute approximate surface area is 142 Å². The first kappa shape index (κ1) is 14.8. The first-order chi connectivity index (χ1) is 11.2. The van der Waals surface area contributed by atoms with Gasteiger partial charge in [0.25, 0.3) is 0 Å². The Kier molecular flexibility index (Phi) is 3.90. The van der Waals surface area contributed by atoms with Crippen LogP contribution in [0.3, 0.4) is 0 Å². The summed E-state index contributed by atoms with van der Waals surface area (Å²) in [5.41, 5.74) is 0.918. The number of carbonyl (C=O) groups excluding carboxylic acids is 1. The SMILES string of the molecule is O=C(C1CN(c2ncnc3ccc(Br)cc23)C1)N1CCOCC1. The van der Waals surface area contributed by atoms with Gasteiger partial charge in [0, 0.05) is 36.0 Å². The molecule has 1 aromatic carbocycles. The molecule has 23 heavy (non-hydrogen) atoms. The number of anilines is 1. The van der Waals surface area contributed by atoms with Crippen molar-refractivity contribution in [1.29, 1.82) is 0 Å². The Morgan fingerprint density at radius 2 is 2.00 bits per heavy atom. The minimum absolute atomic E-state index is 0.0604. The molecule has 2 aliphatic rings. The van der Waals surface area contributed by atoms with Crippen molar-refractivity contribution in [1.82, 2.24) is 14.9 Å². The normalized spacial score (nSPS) is 19.0. The largest absolute Gasteiger partial charge is 0.378 e. The average Bonchev–Trinajstić information content (AvgIpc) is 2.54. The van der Waals surface area contributed by atoms with E-state index in [-0.39, 0.29) is 11.8 Å². The number of rotatable bonds is 2. The molecule has 1 aromatic heterocycles. The number of fused-ring (bicyclic) bond motifs is 1. The molecular formula is C16H17BrN4O2. The number of carbonyl (C=O) groups is 1. The molecular weight excluding hydrogens is 360 g/mol. The lowest BCUT2D eigenvalue weighted by molar-refractivity contribution is -0.140. The molecule has 120 valence electrons. The maximum atomic E-state index is 12.5. The molecule has 0 atom stereocenters. The molecule has 2 fully saturated rings.